The average Bonchev–Trinajstić information content (AvgIpc) is 3.38. The van der Waals surface area contributed by atoms with Gasteiger partial charge in [-0.2, -0.15) is 0 Å². The van der Waals surface area contributed by atoms with Gasteiger partial charge < -0.3 is 5.32 Å². The number of para-hydroxylation sites is 1. The minimum Gasteiger partial charge on any atom is -0.300 e. The summed E-state index contributed by atoms with van der Waals surface area (Å²) in [7, 11) is 0. The SMILES string of the molecule is Cc1cccc2c(=O)n(CCC(=O)Nc3nnc(SCc4cccs4)s3)cnc12. The number of aromatic nitrogens is 4. The molecule has 1 amide bonds. The predicted octanol–water partition coefficient (Wildman–Crippen LogP) is 3.94. The molecule has 3 aromatic heterocycles. The number of thioether (sulfide) groups is 1. The van der Waals surface area contributed by atoms with Gasteiger partial charge >= 0.3 is 0 Å². The maximum absolute atomic E-state index is 12.6. The summed E-state index contributed by atoms with van der Waals surface area (Å²) in [6.07, 6.45) is 1.64. The molecule has 3 heterocycles. The van der Waals surface area contributed by atoms with Gasteiger partial charge in [-0.3, -0.25) is 14.2 Å². The summed E-state index contributed by atoms with van der Waals surface area (Å²) < 4.78 is 2.27. The highest BCUT2D eigenvalue weighted by atomic mass is 32.2. The molecule has 10 heteroatoms. The largest absolute Gasteiger partial charge is 0.300 e. The topological polar surface area (TPSA) is 89.8 Å². The van der Waals surface area contributed by atoms with Crippen molar-refractivity contribution in [2.24, 2.45) is 0 Å². The molecular weight excluding hydrogens is 426 g/mol. The van der Waals surface area contributed by atoms with Crippen LogP contribution >= 0.6 is 34.4 Å². The van der Waals surface area contributed by atoms with Gasteiger partial charge in [-0.1, -0.05) is 41.3 Å². The van der Waals surface area contributed by atoms with E-state index in [0.717, 1.165) is 15.7 Å². The standard InChI is InChI=1S/C19H17N5O2S3/c1-12-4-2-6-14-16(12)20-11-24(17(14)26)8-7-15(25)21-18-22-23-19(29-18)28-10-13-5-3-9-27-13/h2-6,9,11H,7-8,10H2,1H3,(H,21,22,25). The first-order valence-electron chi connectivity index (χ1n) is 8.83. The summed E-state index contributed by atoms with van der Waals surface area (Å²) in [6, 6.07) is 9.60. The van der Waals surface area contributed by atoms with Crippen LogP contribution < -0.4 is 10.9 Å². The number of fused-ring (bicyclic) bond motifs is 1. The summed E-state index contributed by atoms with van der Waals surface area (Å²) in [4.78, 5) is 30.5. The molecule has 1 aromatic carbocycles. The van der Waals surface area contributed by atoms with Gasteiger partial charge in [0.1, 0.15) is 0 Å². The molecule has 148 valence electrons. The molecule has 0 aliphatic heterocycles. The predicted molar refractivity (Wildman–Crippen MR) is 118 cm³/mol. The number of carbonyl (C=O) groups is 1. The van der Waals surface area contributed by atoms with Crippen LogP contribution in [-0.4, -0.2) is 25.7 Å². The van der Waals surface area contributed by atoms with E-state index in [2.05, 4.69) is 26.6 Å². The van der Waals surface area contributed by atoms with Crippen molar-refractivity contribution < 1.29 is 4.79 Å². The quantitative estimate of drug-likeness (QED) is 0.344. The molecule has 0 fully saturated rings. The first-order valence-corrected chi connectivity index (χ1v) is 11.5. The lowest BCUT2D eigenvalue weighted by molar-refractivity contribution is -0.116. The molecule has 0 bridgehead atoms. The van der Waals surface area contributed by atoms with Crippen molar-refractivity contribution in [3.63, 3.8) is 0 Å². The number of benzene rings is 1. The highest BCUT2D eigenvalue weighted by Crippen LogP contribution is 2.29. The van der Waals surface area contributed by atoms with Gasteiger partial charge in [-0.05, 0) is 30.0 Å². The number of rotatable bonds is 7. The van der Waals surface area contributed by atoms with Gasteiger partial charge in [0.2, 0.25) is 11.0 Å². The normalized spacial score (nSPS) is 11.1. The first kappa shape index (κ1) is 19.7. The Labute approximate surface area is 178 Å². The molecule has 0 spiro atoms. The van der Waals surface area contributed by atoms with Gasteiger partial charge in [0.25, 0.3) is 5.56 Å². The highest BCUT2D eigenvalue weighted by molar-refractivity contribution is 8.00. The van der Waals surface area contributed by atoms with Crippen LogP contribution in [0.2, 0.25) is 0 Å². The van der Waals surface area contributed by atoms with Gasteiger partial charge in [-0.15, -0.1) is 21.5 Å². The van der Waals surface area contributed by atoms with Crippen LogP contribution in [0.15, 0.2) is 51.2 Å². The van der Waals surface area contributed by atoms with Crippen LogP contribution in [0.5, 0.6) is 0 Å². The molecule has 0 saturated carbocycles. The zero-order chi connectivity index (χ0) is 20.2. The highest BCUT2D eigenvalue weighted by Gasteiger charge is 2.11. The molecule has 4 aromatic rings. The van der Waals surface area contributed by atoms with Gasteiger partial charge in [-0.25, -0.2) is 4.98 Å². The Bertz CT molecular complexity index is 1200. The molecule has 0 atom stereocenters. The van der Waals surface area contributed by atoms with Gasteiger partial charge in [0.15, 0.2) is 4.34 Å². The van der Waals surface area contributed by atoms with E-state index in [1.807, 2.05) is 30.5 Å². The molecule has 0 radical (unpaired) electrons. The maximum atomic E-state index is 12.6. The van der Waals surface area contributed by atoms with Crippen molar-refractivity contribution in [2.45, 2.75) is 30.0 Å². The van der Waals surface area contributed by atoms with Crippen LogP contribution in [0.1, 0.15) is 16.9 Å². The Kier molecular flexibility index (Phi) is 6.02. The number of aryl methyl sites for hydroxylation is 2. The van der Waals surface area contributed by atoms with Gasteiger partial charge in [0, 0.05) is 23.6 Å². The zero-order valence-electron chi connectivity index (χ0n) is 15.5. The number of thiophene rings is 1. The number of hydrogen-bond acceptors (Lipinski definition) is 8. The molecule has 0 aliphatic rings. The van der Waals surface area contributed by atoms with Crippen LogP contribution in [-0.2, 0) is 17.1 Å². The monoisotopic (exact) mass is 443 g/mol. The zero-order valence-corrected chi connectivity index (χ0v) is 17.9. The molecule has 0 aliphatic carbocycles. The Balaban J connectivity index is 1.34. The van der Waals surface area contributed by atoms with E-state index in [9.17, 15) is 9.59 Å². The minimum absolute atomic E-state index is 0.144. The third kappa shape index (κ3) is 4.72. The summed E-state index contributed by atoms with van der Waals surface area (Å²) in [6.45, 7) is 2.17. The lowest BCUT2D eigenvalue weighted by Gasteiger charge is -2.07. The van der Waals surface area contributed by atoms with Crippen LogP contribution in [0, 0.1) is 6.92 Å². The number of carbonyl (C=O) groups excluding carboxylic acids is 1. The van der Waals surface area contributed by atoms with Crippen LogP contribution in [0.3, 0.4) is 0 Å². The van der Waals surface area contributed by atoms with Crippen molar-refractivity contribution in [2.75, 3.05) is 5.32 Å². The molecule has 0 saturated heterocycles. The van der Waals surface area contributed by atoms with Crippen molar-refractivity contribution in [1.82, 2.24) is 19.7 Å². The maximum Gasteiger partial charge on any atom is 0.261 e. The number of nitrogens with zero attached hydrogens (tertiary/aromatic N) is 4. The lowest BCUT2D eigenvalue weighted by Crippen LogP contribution is -2.23. The van der Waals surface area contributed by atoms with E-state index in [4.69, 9.17) is 0 Å². The fourth-order valence-electron chi connectivity index (χ4n) is 2.75. The van der Waals surface area contributed by atoms with Crippen LogP contribution in [0.4, 0.5) is 5.13 Å². The van der Waals surface area contributed by atoms with E-state index < -0.39 is 0 Å². The minimum atomic E-state index is -0.216. The Morgan fingerprint density at radius 2 is 2.14 bits per heavy atom. The summed E-state index contributed by atoms with van der Waals surface area (Å²) >= 11 is 4.63. The molecule has 29 heavy (non-hydrogen) atoms. The van der Waals surface area contributed by atoms with Gasteiger partial charge in [0.05, 0.1) is 17.2 Å². The Morgan fingerprint density at radius 3 is 2.97 bits per heavy atom. The number of anilines is 1. The fourth-order valence-corrected chi connectivity index (χ4v) is 5.29. The molecule has 0 unspecified atom stereocenters. The third-order valence-electron chi connectivity index (χ3n) is 4.21. The van der Waals surface area contributed by atoms with E-state index >= 15 is 0 Å². The number of nitrogens with one attached hydrogen (secondary N) is 1. The smallest absolute Gasteiger partial charge is 0.261 e. The third-order valence-corrected chi connectivity index (χ3v) is 7.29. The number of amides is 1. The lowest BCUT2D eigenvalue weighted by atomic mass is 10.1. The van der Waals surface area contributed by atoms with E-state index in [1.165, 1.54) is 27.1 Å². The first-order chi connectivity index (χ1) is 14.1. The van der Waals surface area contributed by atoms with Crippen LogP contribution in [0.25, 0.3) is 10.9 Å². The summed E-state index contributed by atoms with van der Waals surface area (Å²) in [5.74, 6) is 0.615. The van der Waals surface area contributed by atoms with E-state index in [-0.39, 0.29) is 24.4 Å². The van der Waals surface area contributed by atoms with Crippen molar-refractivity contribution >= 4 is 56.4 Å². The van der Waals surface area contributed by atoms with E-state index in [1.54, 1.807) is 29.2 Å². The molecular formula is C19H17N5O2S3. The van der Waals surface area contributed by atoms with Crippen molar-refractivity contribution in [1.29, 1.82) is 0 Å². The second-order valence-corrected chi connectivity index (χ2v) is 9.49. The Morgan fingerprint density at radius 1 is 1.24 bits per heavy atom. The molecule has 1 N–H and O–H groups in total. The molecule has 4 rings (SSSR count). The van der Waals surface area contributed by atoms with Crippen molar-refractivity contribution in [3.8, 4) is 0 Å². The molecule has 7 nitrogen and oxygen atoms in total. The van der Waals surface area contributed by atoms with Crippen molar-refractivity contribution in [3.05, 3.63) is 62.8 Å². The fraction of sp³-hybridized carbons (Fsp3) is 0.211. The number of hydrogen-bond donors (Lipinski definition) is 1. The second-order valence-electron chi connectivity index (χ2n) is 6.25. The Hall–Kier alpha value is -2.56. The van der Waals surface area contributed by atoms with E-state index in [0.29, 0.717) is 16.0 Å². The second kappa shape index (κ2) is 8.85. The summed E-state index contributed by atoms with van der Waals surface area (Å²) in [5, 5.41) is 13.9. The average molecular weight is 444 g/mol. The summed E-state index contributed by atoms with van der Waals surface area (Å²) in [5.41, 5.74) is 1.50.